The van der Waals surface area contributed by atoms with Crippen molar-refractivity contribution in [2.24, 2.45) is 11.7 Å². The Hall–Kier alpha value is -3.00. The zero-order valence-corrected chi connectivity index (χ0v) is 15.5. The van der Waals surface area contributed by atoms with E-state index in [1.807, 2.05) is 10.6 Å². The number of nitrogens with zero attached hydrogens (tertiary/aromatic N) is 3. The van der Waals surface area contributed by atoms with Crippen LogP contribution in [0.25, 0.3) is 0 Å². The van der Waals surface area contributed by atoms with E-state index in [-0.39, 0.29) is 41.8 Å². The van der Waals surface area contributed by atoms with Crippen LogP contribution in [0.1, 0.15) is 34.4 Å². The van der Waals surface area contributed by atoms with E-state index in [1.165, 1.54) is 0 Å². The van der Waals surface area contributed by atoms with E-state index >= 15 is 0 Å². The Morgan fingerprint density at radius 1 is 1.18 bits per heavy atom. The van der Waals surface area contributed by atoms with E-state index in [4.69, 9.17) is 5.73 Å². The van der Waals surface area contributed by atoms with Gasteiger partial charge >= 0.3 is 0 Å². The van der Waals surface area contributed by atoms with Gasteiger partial charge in [0.05, 0.1) is 12.6 Å². The van der Waals surface area contributed by atoms with E-state index in [1.54, 1.807) is 36.7 Å². The van der Waals surface area contributed by atoms with Crippen LogP contribution in [0.4, 0.5) is 0 Å². The van der Waals surface area contributed by atoms with E-state index in [0.717, 1.165) is 12.1 Å². The summed E-state index contributed by atoms with van der Waals surface area (Å²) in [5.41, 5.74) is 6.83. The SMILES string of the molecule is NC(=O)CN1C[C@H]2C[C@@H](C1)[C@H](CNC(=O)c1ccncc1)n1c2cccc1=O. The number of likely N-dealkylation sites (tertiary alicyclic amines) is 1. The van der Waals surface area contributed by atoms with Crippen molar-refractivity contribution in [2.45, 2.75) is 18.4 Å². The van der Waals surface area contributed by atoms with Crippen LogP contribution < -0.4 is 16.6 Å². The molecule has 2 amide bonds. The Balaban J connectivity index is 1.60. The molecule has 2 aromatic heterocycles. The Morgan fingerprint density at radius 3 is 2.71 bits per heavy atom. The summed E-state index contributed by atoms with van der Waals surface area (Å²) in [7, 11) is 0. The summed E-state index contributed by atoms with van der Waals surface area (Å²) in [6.07, 6.45) is 4.07. The fourth-order valence-corrected chi connectivity index (χ4v) is 4.55. The van der Waals surface area contributed by atoms with E-state index in [2.05, 4.69) is 15.2 Å². The number of carbonyl (C=O) groups is 2. The van der Waals surface area contributed by atoms with Gasteiger partial charge in [0.1, 0.15) is 0 Å². The van der Waals surface area contributed by atoms with E-state index < -0.39 is 0 Å². The van der Waals surface area contributed by atoms with Gasteiger partial charge in [-0.05, 0) is 30.5 Å². The molecule has 2 bridgehead atoms. The quantitative estimate of drug-likeness (QED) is 0.764. The van der Waals surface area contributed by atoms with Crippen LogP contribution >= 0.6 is 0 Å². The highest BCUT2D eigenvalue weighted by atomic mass is 16.2. The predicted octanol–water partition coefficient (Wildman–Crippen LogP) is 0.119. The first-order valence-electron chi connectivity index (χ1n) is 9.43. The number of nitrogens with two attached hydrogens (primary N) is 1. The van der Waals surface area contributed by atoms with Crippen molar-refractivity contribution in [3.63, 3.8) is 0 Å². The van der Waals surface area contributed by atoms with Crippen molar-refractivity contribution >= 4 is 11.8 Å². The number of fused-ring (bicyclic) bond motifs is 4. The third kappa shape index (κ3) is 3.55. The van der Waals surface area contributed by atoms with Crippen LogP contribution in [0.2, 0.25) is 0 Å². The summed E-state index contributed by atoms with van der Waals surface area (Å²) in [4.78, 5) is 42.5. The number of hydrogen-bond acceptors (Lipinski definition) is 5. The maximum absolute atomic E-state index is 12.6. The summed E-state index contributed by atoms with van der Waals surface area (Å²) in [5, 5.41) is 2.96. The van der Waals surface area contributed by atoms with Crippen molar-refractivity contribution in [2.75, 3.05) is 26.2 Å². The van der Waals surface area contributed by atoms with Crippen molar-refractivity contribution in [1.82, 2.24) is 19.8 Å². The van der Waals surface area contributed by atoms with Gasteiger partial charge in [0.15, 0.2) is 0 Å². The van der Waals surface area contributed by atoms with Gasteiger partial charge in [-0.15, -0.1) is 0 Å². The minimum atomic E-state index is -0.354. The zero-order valence-electron chi connectivity index (χ0n) is 15.5. The van der Waals surface area contributed by atoms with Crippen molar-refractivity contribution in [3.8, 4) is 0 Å². The van der Waals surface area contributed by atoms with Crippen LogP contribution in [0.5, 0.6) is 0 Å². The molecular weight excluding hydrogens is 358 g/mol. The number of carbonyl (C=O) groups excluding carboxylic acids is 2. The first kappa shape index (κ1) is 18.4. The second-order valence-corrected chi connectivity index (χ2v) is 7.53. The summed E-state index contributed by atoms with van der Waals surface area (Å²) >= 11 is 0. The molecule has 146 valence electrons. The van der Waals surface area contributed by atoms with Crippen LogP contribution in [0, 0.1) is 5.92 Å². The van der Waals surface area contributed by atoms with Crippen molar-refractivity contribution in [1.29, 1.82) is 0 Å². The van der Waals surface area contributed by atoms with Crippen LogP contribution in [-0.4, -0.2) is 52.4 Å². The summed E-state index contributed by atoms with van der Waals surface area (Å²) in [5.74, 6) is -0.213. The first-order chi connectivity index (χ1) is 13.5. The third-order valence-corrected chi connectivity index (χ3v) is 5.67. The van der Waals surface area contributed by atoms with Crippen molar-refractivity contribution in [3.05, 3.63) is 64.3 Å². The average molecular weight is 381 g/mol. The summed E-state index contributed by atoms with van der Waals surface area (Å²) in [6.45, 7) is 1.94. The molecule has 2 aliphatic heterocycles. The molecule has 3 N–H and O–H groups in total. The lowest BCUT2D eigenvalue weighted by Gasteiger charge is -2.46. The van der Waals surface area contributed by atoms with Gasteiger partial charge < -0.3 is 15.6 Å². The fourth-order valence-electron chi connectivity index (χ4n) is 4.55. The zero-order chi connectivity index (χ0) is 19.7. The lowest BCUT2D eigenvalue weighted by Crippen LogP contribution is -2.53. The third-order valence-electron chi connectivity index (χ3n) is 5.67. The molecule has 4 rings (SSSR count). The number of rotatable bonds is 5. The van der Waals surface area contributed by atoms with Crippen LogP contribution in [-0.2, 0) is 4.79 Å². The molecule has 8 heteroatoms. The lowest BCUT2D eigenvalue weighted by atomic mass is 9.78. The monoisotopic (exact) mass is 381 g/mol. The number of amides is 2. The topological polar surface area (TPSA) is 110 Å². The molecule has 0 aliphatic carbocycles. The van der Waals surface area contributed by atoms with E-state index in [9.17, 15) is 14.4 Å². The van der Waals surface area contributed by atoms with Gasteiger partial charge in [0.25, 0.3) is 11.5 Å². The second-order valence-electron chi connectivity index (χ2n) is 7.53. The summed E-state index contributed by atoms with van der Waals surface area (Å²) < 4.78 is 1.83. The highest BCUT2D eigenvalue weighted by molar-refractivity contribution is 5.93. The fraction of sp³-hybridized carbons (Fsp3) is 0.400. The molecule has 28 heavy (non-hydrogen) atoms. The molecular formula is C20H23N5O3. The molecule has 0 unspecified atom stereocenters. The van der Waals surface area contributed by atoms with Gasteiger partial charge in [-0.1, -0.05) is 6.07 Å². The molecule has 0 saturated carbocycles. The number of aromatic nitrogens is 2. The number of nitrogens with one attached hydrogen (secondary N) is 1. The van der Waals surface area contributed by atoms with Gasteiger partial charge in [0.2, 0.25) is 5.91 Å². The minimum Gasteiger partial charge on any atom is -0.369 e. The average Bonchev–Trinajstić information content (AvgIpc) is 2.68. The highest BCUT2D eigenvalue weighted by Crippen LogP contribution is 2.40. The predicted molar refractivity (Wildman–Crippen MR) is 103 cm³/mol. The largest absolute Gasteiger partial charge is 0.369 e. The molecule has 0 spiro atoms. The number of primary amides is 1. The van der Waals surface area contributed by atoms with Crippen LogP contribution in [0.15, 0.2) is 47.5 Å². The molecule has 0 radical (unpaired) electrons. The second kappa shape index (κ2) is 7.55. The maximum atomic E-state index is 12.6. The first-order valence-corrected chi connectivity index (χ1v) is 9.43. The van der Waals surface area contributed by atoms with Gasteiger partial charge in [-0.25, -0.2) is 0 Å². The normalized spacial score (nSPS) is 23.6. The number of pyridine rings is 2. The smallest absolute Gasteiger partial charge is 0.251 e. The summed E-state index contributed by atoms with van der Waals surface area (Å²) in [6, 6.07) is 8.44. The van der Waals surface area contributed by atoms with Gasteiger partial charge in [-0.3, -0.25) is 24.3 Å². The lowest BCUT2D eigenvalue weighted by molar-refractivity contribution is -0.119. The Morgan fingerprint density at radius 2 is 1.96 bits per heavy atom. The molecule has 1 saturated heterocycles. The molecule has 2 aliphatic rings. The Labute approximate surface area is 162 Å². The molecule has 0 aromatic carbocycles. The number of hydrogen-bond donors (Lipinski definition) is 2. The maximum Gasteiger partial charge on any atom is 0.251 e. The van der Waals surface area contributed by atoms with E-state index in [0.29, 0.717) is 25.2 Å². The van der Waals surface area contributed by atoms with Gasteiger partial charge in [0, 0.05) is 55.3 Å². The highest BCUT2D eigenvalue weighted by Gasteiger charge is 2.40. The Bertz CT molecular complexity index is 942. The molecule has 2 aromatic rings. The van der Waals surface area contributed by atoms with Crippen molar-refractivity contribution < 1.29 is 9.59 Å². The molecule has 1 fully saturated rings. The Kier molecular flexibility index (Phi) is 4.95. The molecule has 3 atom stereocenters. The number of piperidine rings is 1. The van der Waals surface area contributed by atoms with Gasteiger partial charge in [-0.2, -0.15) is 0 Å². The minimum absolute atomic E-state index is 0.0567. The molecule has 4 heterocycles. The molecule has 8 nitrogen and oxygen atoms in total. The van der Waals surface area contributed by atoms with Crippen LogP contribution in [0.3, 0.4) is 0 Å². The standard InChI is InChI=1S/C20H23N5O3/c21-18(26)12-24-10-14-8-15(11-24)17(25-16(14)2-1-3-19(25)27)9-23-20(28)13-4-6-22-7-5-13/h1-7,14-15,17H,8-12H2,(H2,21,26)(H,23,28)/t14-,15+,17+/m1/s1.